The topological polar surface area (TPSA) is 9.72 Å². The standard InChI is InChI=1S/C8H18N2.C6H14N.In/c1-4-9-7-8-10(5-2)6-3;1-5-6(2)7(3)4;/h2,4-8H2,1,3H3;6H,1,5H2,2-4H3;/q-1;;+1. The predicted octanol–water partition coefficient (Wildman–Crippen LogP) is 1.98. The van der Waals surface area contributed by atoms with E-state index >= 15 is 0 Å². The van der Waals surface area contributed by atoms with Crippen molar-refractivity contribution in [1.82, 2.24) is 12.7 Å². The van der Waals surface area contributed by atoms with Gasteiger partial charge in [-0.1, -0.05) is 0 Å². The van der Waals surface area contributed by atoms with Crippen LogP contribution in [0.1, 0.15) is 27.2 Å². The van der Waals surface area contributed by atoms with Gasteiger partial charge in [0.2, 0.25) is 0 Å². The Bertz CT molecular complexity index is 223. The van der Waals surface area contributed by atoms with E-state index in [9.17, 15) is 0 Å². The fraction of sp³-hybridized carbons (Fsp3) is 1.00. The van der Waals surface area contributed by atoms with Crippen LogP contribution in [-0.4, -0.2) is 87.3 Å². The monoisotopic (exact) mass is 357 g/mol. The van der Waals surface area contributed by atoms with E-state index in [1.165, 1.54) is 39.1 Å². The number of likely N-dealkylation sites (N-methyl/N-ethyl adjacent to an activating group) is 2. The molecule has 0 saturated carbocycles. The van der Waals surface area contributed by atoms with Gasteiger partial charge < -0.3 is 0 Å². The Morgan fingerprint density at radius 3 is 2.39 bits per heavy atom. The first kappa shape index (κ1) is 16.8. The molecule has 1 saturated heterocycles. The van der Waals surface area contributed by atoms with Gasteiger partial charge in [0.15, 0.2) is 0 Å². The van der Waals surface area contributed by atoms with E-state index in [0.717, 1.165) is 6.04 Å². The SMILES string of the molecule is CCN1CC[N](CC)[In]([CH2]CC(C)N(C)C)[CH2]C1. The Kier molecular flexibility index (Phi) is 8.24. The van der Waals surface area contributed by atoms with Gasteiger partial charge in [0.05, 0.1) is 0 Å². The fourth-order valence-corrected chi connectivity index (χ4v) is 13.0. The zero-order valence-electron chi connectivity index (χ0n) is 13.2. The Morgan fingerprint density at radius 2 is 1.83 bits per heavy atom. The van der Waals surface area contributed by atoms with Crippen molar-refractivity contribution in [3.05, 3.63) is 0 Å². The molecule has 0 aromatic carbocycles. The van der Waals surface area contributed by atoms with Gasteiger partial charge >= 0.3 is 123 Å². The summed E-state index contributed by atoms with van der Waals surface area (Å²) in [6, 6.07) is 0.755. The van der Waals surface area contributed by atoms with Crippen LogP contribution in [0.5, 0.6) is 0 Å². The third kappa shape index (κ3) is 5.40. The third-order valence-electron chi connectivity index (χ3n) is 4.65. The van der Waals surface area contributed by atoms with Crippen LogP contribution in [0.25, 0.3) is 0 Å². The molecular weight excluding hydrogens is 325 g/mol. The molecular formula is C14H32InN3. The van der Waals surface area contributed by atoms with Crippen molar-refractivity contribution >= 4 is 21.7 Å². The zero-order chi connectivity index (χ0) is 13.5. The first-order valence-corrected chi connectivity index (χ1v) is 13.8. The second kappa shape index (κ2) is 8.83. The summed E-state index contributed by atoms with van der Waals surface area (Å²) < 4.78 is 6.02. The molecule has 0 aliphatic carbocycles. The van der Waals surface area contributed by atoms with Crippen LogP contribution < -0.4 is 0 Å². The molecule has 1 atom stereocenters. The van der Waals surface area contributed by atoms with Gasteiger partial charge in [-0.2, -0.15) is 0 Å². The molecule has 1 fully saturated rings. The Morgan fingerprint density at radius 1 is 1.11 bits per heavy atom. The molecule has 1 heterocycles. The van der Waals surface area contributed by atoms with E-state index in [0.29, 0.717) is 0 Å². The van der Waals surface area contributed by atoms with Crippen LogP contribution in [-0.2, 0) is 0 Å². The number of hydrogen-bond acceptors (Lipinski definition) is 3. The Labute approximate surface area is 122 Å². The molecule has 0 bridgehead atoms. The van der Waals surface area contributed by atoms with Crippen molar-refractivity contribution in [1.29, 1.82) is 0 Å². The van der Waals surface area contributed by atoms with E-state index in [4.69, 9.17) is 0 Å². The molecule has 1 aliphatic rings. The summed E-state index contributed by atoms with van der Waals surface area (Å²) in [6.07, 6.45) is 1.41. The van der Waals surface area contributed by atoms with Gasteiger partial charge in [0.25, 0.3) is 0 Å². The van der Waals surface area contributed by atoms with Gasteiger partial charge in [0.1, 0.15) is 0 Å². The summed E-state index contributed by atoms with van der Waals surface area (Å²) in [5.74, 6) is 0. The van der Waals surface area contributed by atoms with Crippen LogP contribution in [0.3, 0.4) is 0 Å². The Hall–Kier alpha value is 0.750. The van der Waals surface area contributed by atoms with Crippen molar-refractivity contribution in [2.24, 2.45) is 0 Å². The van der Waals surface area contributed by atoms with E-state index in [1.54, 1.807) is 8.35 Å². The summed E-state index contributed by atoms with van der Waals surface area (Å²) in [5, 5.41) is 0. The number of rotatable bonds is 6. The van der Waals surface area contributed by atoms with Gasteiger partial charge in [-0.05, 0) is 0 Å². The quantitative estimate of drug-likeness (QED) is 0.720. The molecule has 4 heteroatoms. The van der Waals surface area contributed by atoms with Gasteiger partial charge in [0, 0.05) is 0 Å². The maximum absolute atomic E-state index is 2.90. The van der Waals surface area contributed by atoms with E-state index in [-0.39, 0.29) is 0 Å². The van der Waals surface area contributed by atoms with Crippen molar-refractivity contribution in [2.75, 3.05) is 46.8 Å². The van der Waals surface area contributed by atoms with Crippen LogP contribution in [0.15, 0.2) is 0 Å². The molecule has 1 unspecified atom stereocenters. The second-order valence-electron chi connectivity index (χ2n) is 5.90. The van der Waals surface area contributed by atoms with Crippen LogP contribution >= 0.6 is 0 Å². The number of hydrogen-bond donors (Lipinski definition) is 0. The van der Waals surface area contributed by atoms with Crippen LogP contribution in [0, 0.1) is 0 Å². The number of nitrogens with zero attached hydrogens (tertiary/aromatic N) is 3. The van der Waals surface area contributed by atoms with Gasteiger partial charge in [-0.15, -0.1) is 0 Å². The second-order valence-corrected chi connectivity index (χ2v) is 15.0. The van der Waals surface area contributed by atoms with E-state index in [2.05, 4.69) is 47.6 Å². The minimum atomic E-state index is -1.42. The molecule has 0 amide bonds. The normalized spacial score (nSPS) is 21.3. The van der Waals surface area contributed by atoms with Crippen molar-refractivity contribution < 1.29 is 0 Å². The molecule has 3 nitrogen and oxygen atoms in total. The summed E-state index contributed by atoms with van der Waals surface area (Å²) in [5.41, 5.74) is 0. The average molecular weight is 357 g/mol. The summed E-state index contributed by atoms with van der Waals surface area (Å²) in [7, 11) is 4.42. The molecule has 0 aromatic heterocycles. The molecule has 106 valence electrons. The van der Waals surface area contributed by atoms with Gasteiger partial charge in [-0.25, -0.2) is 0 Å². The van der Waals surface area contributed by atoms with Crippen molar-refractivity contribution in [2.45, 2.75) is 41.6 Å². The maximum atomic E-state index is 2.90. The van der Waals surface area contributed by atoms with Crippen molar-refractivity contribution in [3.63, 3.8) is 0 Å². The first-order chi connectivity index (χ1) is 8.58. The van der Waals surface area contributed by atoms with E-state index in [1.807, 2.05) is 0 Å². The van der Waals surface area contributed by atoms with Crippen LogP contribution in [0.2, 0.25) is 8.35 Å². The predicted molar refractivity (Wildman–Crippen MR) is 82.5 cm³/mol. The molecule has 1 aliphatic heterocycles. The van der Waals surface area contributed by atoms with Crippen molar-refractivity contribution in [3.8, 4) is 0 Å². The van der Waals surface area contributed by atoms with Gasteiger partial charge in [-0.3, -0.25) is 0 Å². The molecule has 0 aromatic rings. The fourth-order valence-electron chi connectivity index (χ4n) is 2.83. The van der Waals surface area contributed by atoms with E-state index < -0.39 is 21.7 Å². The zero-order valence-corrected chi connectivity index (χ0v) is 16.4. The molecule has 18 heavy (non-hydrogen) atoms. The molecule has 0 radical (unpaired) electrons. The Balaban J connectivity index is 2.45. The van der Waals surface area contributed by atoms with Crippen LogP contribution in [0.4, 0.5) is 0 Å². The summed E-state index contributed by atoms with van der Waals surface area (Å²) >= 11 is -1.42. The summed E-state index contributed by atoms with van der Waals surface area (Å²) in [4.78, 5) is 5.02. The minimum absolute atomic E-state index is 0.755. The third-order valence-corrected chi connectivity index (χ3v) is 14.9. The molecule has 0 spiro atoms. The first-order valence-electron chi connectivity index (χ1n) is 7.71. The average Bonchev–Trinajstić information content (AvgIpc) is 2.57. The molecule has 1 rings (SSSR count). The summed E-state index contributed by atoms with van der Waals surface area (Å²) in [6.45, 7) is 13.6. The molecule has 0 N–H and O–H groups in total.